The summed E-state index contributed by atoms with van der Waals surface area (Å²) in [5.74, 6) is -11.5. The van der Waals surface area contributed by atoms with Crippen molar-refractivity contribution >= 4 is 5.97 Å². The van der Waals surface area contributed by atoms with E-state index in [1.807, 2.05) is 0 Å². The topological polar surface area (TPSA) is 37.3 Å². The number of carboxylic acids is 1. The average molecular weight is 218 g/mol. The van der Waals surface area contributed by atoms with Crippen LogP contribution in [0.4, 0.5) is 22.0 Å². The Labute approximate surface area is 76.0 Å². The van der Waals surface area contributed by atoms with Gasteiger partial charge in [0.1, 0.15) is 0 Å². The van der Waals surface area contributed by atoms with E-state index in [1.54, 1.807) is 0 Å². The number of allylic oxidation sites excluding steroid dienone is 1. The molecule has 0 aliphatic carbocycles. The second-order valence-corrected chi connectivity index (χ2v) is 2.59. The van der Waals surface area contributed by atoms with Gasteiger partial charge in [-0.15, -0.1) is 0 Å². The largest absolute Gasteiger partial charge is 0.478 e. The molecule has 0 atom stereocenters. The van der Waals surface area contributed by atoms with E-state index in [0.717, 1.165) is 0 Å². The van der Waals surface area contributed by atoms with Gasteiger partial charge in [0.05, 0.1) is 0 Å². The first kappa shape index (κ1) is 12.9. The van der Waals surface area contributed by atoms with Gasteiger partial charge in [-0.2, -0.15) is 17.6 Å². The molecule has 0 aliphatic heterocycles. The summed E-state index contributed by atoms with van der Waals surface area (Å²) < 4.78 is 60.9. The molecule has 0 heterocycles. The van der Waals surface area contributed by atoms with E-state index >= 15 is 0 Å². The van der Waals surface area contributed by atoms with Gasteiger partial charge in [0.25, 0.3) is 0 Å². The zero-order valence-electron chi connectivity index (χ0n) is 7.03. The Balaban J connectivity index is 4.98. The van der Waals surface area contributed by atoms with Crippen LogP contribution in [0.3, 0.4) is 0 Å². The summed E-state index contributed by atoms with van der Waals surface area (Å²) in [5.41, 5.74) is -0.969. The van der Waals surface area contributed by atoms with E-state index in [2.05, 4.69) is 0 Å². The predicted octanol–water partition coefficient (Wildman–Crippen LogP) is 2.26. The fraction of sp³-hybridized carbons (Fsp3) is 0.571. The highest BCUT2D eigenvalue weighted by atomic mass is 19.3. The molecule has 0 saturated carbocycles. The third-order valence-corrected chi connectivity index (χ3v) is 1.39. The summed E-state index contributed by atoms with van der Waals surface area (Å²) in [4.78, 5) is 10.1. The molecule has 14 heavy (non-hydrogen) atoms. The van der Waals surface area contributed by atoms with Crippen molar-refractivity contribution in [2.75, 3.05) is 6.67 Å². The number of carboxylic acid groups (broad SMARTS) is 1. The Bertz CT molecular complexity index is 259. The third kappa shape index (κ3) is 2.68. The number of carbonyl (C=O) groups is 1. The first-order valence-corrected chi connectivity index (χ1v) is 3.38. The molecule has 0 aromatic carbocycles. The summed E-state index contributed by atoms with van der Waals surface area (Å²) in [6.07, 6.45) is -0.463. The molecule has 0 fully saturated rings. The van der Waals surface area contributed by atoms with Gasteiger partial charge in [0.15, 0.2) is 6.67 Å². The maximum atomic E-state index is 12.5. The van der Waals surface area contributed by atoms with Gasteiger partial charge >= 0.3 is 17.8 Å². The van der Waals surface area contributed by atoms with E-state index in [9.17, 15) is 26.7 Å². The summed E-state index contributed by atoms with van der Waals surface area (Å²) in [5, 5.41) is 8.14. The fourth-order valence-corrected chi connectivity index (χ4v) is 0.528. The van der Waals surface area contributed by atoms with Gasteiger partial charge < -0.3 is 5.11 Å². The van der Waals surface area contributed by atoms with Crippen molar-refractivity contribution in [2.45, 2.75) is 18.8 Å². The first-order valence-electron chi connectivity index (χ1n) is 3.38. The van der Waals surface area contributed by atoms with Crippen LogP contribution in [0.15, 0.2) is 11.6 Å². The van der Waals surface area contributed by atoms with Crippen LogP contribution >= 0.6 is 0 Å². The Hall–Kier alpha value is -1.14. The van der Waals surface area contributed by atoms with Crippen LogP contribution in [-0.4, -0.2) is 29.6 Å². The van der Waals surface area contributed by atoms with Gasteiger partial charge in [-0.3, -0.25) is 0 Å². The normalized spacial score (nSPS) is 14.3. The highest BCUT2D eigenvalue weighted by Crippen LogP contribution is 2.36. The number of halogens is 5. The molecule has 7 heteroatoms. The molecule has 0 saturated heterocycles. The lowest BCUT2D eigenvalue weighted by Gasteiger charge is -2.21. The highest BCUT2D eigenvalue weighted by molar-refractivity contribution is 5.86. The van der Waals surface area contributed by atoms with Gasteiger partial charge in [-0.25, -0.2) is 9.18 Å². The Morgan fingerprint density at radius 1 is 1.36 bits per heavy atom. The molecule has 0 rings (SSSR count). The quantitative estimate of drug-likeness (QED) is 0.580. The predicted molar refractivity (Wildman–Crippen MR) is 37.3 cm³/mol. The van der Waals surface area contributed by atoms with E-state index in [1.165, 1.54) is 0 Å². The van der Waals surface area contributed by atoms with E-state index < -0.39 is 36.1 Å². The van der Waals surface area contributed by atoms with E-state index in [4.69, 9.17) is 5.11 Å². The second-order valence-electron chi connectivity index (χ2n) is 2.59. The van der Waals surface area contributed by atoms with Crippen molar-refractivity contribution in [3.63, 3.8) is 0 Å². The van der Waals surface area contributed by atoms with Crippen molar-refractivity contribution in [1.82, 2.24) is 0 Å². The lowest BCUT2D eigenvalue weighted by atomic mass is 10.1. The summed E-state index contributed by atoms with van der Waals surface area (Å²) >= 11 is 0. The first-order chi connectivity index (χ1) is 6.14. The minimum Gasteiger partial charge on any atom is -0.478 e. The summed E-state index contributed by atoms with van der Waals surface area (Å²) in [6.45, 7) is -1.84. The SMILES string of the molecule is C/C(=C\C(F)(F)C(F)(F)CF)C(=O)O. The molecule has 2 nitrogen and oxygen atoms in total. The molecular weight excluding hydrogens is 211 g/mol. The third-order valence-electron chi connectivity index (χ3n) is 1.39. The van der Waals surface area contributed by atoms with Crippen LogP contribution in [0.25, 0.3) is 0 Å². The van der Waals surface area contributed by atoms with Crippen LogP contribution in [0.5, 0.6) is 0 Å². The summed E-state index contributed by atoms with van der Waals surface area (Å²) in [7, 11) is 0. The average Bonchev–Trinajstić information content (AvgIpc) is 2.03. The van der Waals surface area contributed by atoms with Crippen LogP contribution in [0, 0.1) is 0 Å². The van der Waals surface area contributed by atoms with Gasteiger partial charge in [-0.05, 0) is 6.92 Å². The van der Waals surface area contributed by atoms with Crippen molar-refractivity contribution in [2.24, 2.45) is 0 Å². The Morgan fingerprint density at radius 3 is 2.07 bits per heavy atom. The molecule has 0 amide bonds. The number of rotatable bonds is 4. The minimum absolute atomic E-state index is 0.463. The van der Waals surface area contributed by atoms with Gasteiger partial charge in [0.2, 0.25) is 0 Å². The van der Waals surface area contributed by atoms with E-state index in [-0.39, 0.29) is 0 Å². The molecule has 0 spiro atoms. The maximum absolute atomic E-state index is 12.5. The van der Waals surface area contributed by atoms with E-state index in [0.29, 0.717) is 6.92 Å². The number of hydrogen-bond acceptors (Lipinski definition) is 1. The van der Waals surface area contributed by atoms with Crippen molar-refractivity contribution in [3.8, 4) is 0 Å². The smallest absolute Gasteiger partial charge is 0.341 e. The van der Waals surface area contributed by atoms with Crippen LogP contribution in [0.1, 0.15) is 6.92 Å². The molecule has 1 N–H and O–H groups in total. The van der Waals surface area contributed by atoms with Crippen molar-refractivity contribution in [3.05, 3.63) is 11.6 Å². The minimum atomic E-state index is -4.89. The number of aliphatic carboxylic acids is 1. The van der Waals surface area contributed by atoms with Crippen LogP contribution in [-0.2, 0) is 4.79 Å². The molecular formula is C7H7F5O2. The number of alkyl halides is 5. The monoisotopic (exact) mass is 218 g/mol. The molecule has 0 aromatic heterocycles. The lowest BCUT2D eigenvalue weighted by Crippen LogP contribution is -2.41. The van der Waals surface area contributed by atoms with Gasteiger partial charge in [-0.1, -0.05) is 0 Å². The molecule has 0 unspecified atom stereocenters. The Morgan fingerprint density at radius 2 is 1.79 bits per heavy atom. The Kier molecular flexibility index (Phi) is 3.61. The molecule has 82 valence electrons. The van der Waals surface area contributed by atoms with Crippen molar-refractivity contribution in [1.29, 1.82) is 0 Å². The zero-order chi connectivity index (χ0) is 11.6. The standard InChI is InChI=1S/C7H7F5O2/c1-4(5(13)14)2-6(9,10)7(11,12)3-8/h2H,3H2,1H3,(H,13,14)/b4-2+. The number of hydrogen-bond donors (Lipinski definition) is 1. The van der Waals surface area contributed by atoms with Crippen LogP contribution in [0.2, 0.25) is 0 Å². The molecule has 0 aliphatic rings. The molecule has 0 radical (unpaired) electrons. The fourth-order valence-electron chi connectivity index (χ4n) is 0.528. The lowest BCUT2D eigenvalue weighted by molar-refractivity contribution is -0.187. The maximum Gasteiger partial charge on any atom is 0.341 e. The van der Waals surface area contributed by atoms with Crippen molar-refractivity contribution < 1.29 is 31.9 Å². The molecule has 0 aromatic rings. The second kappa shape index (κ2) is 3.93. The molecule has 0 bridgehead atoms. The summed E-state index contributed by atoms with van der Waals surface area (Å²) in [6, 6.07) is 0. The zero-order valence-corrected chi connectivity index (χ0v) is 7.03. The van der Waals surface area contributed by atoms with Gasteiger partial charge in [0, 0.05) is 11.6 Å². The highest BCUT2D eigenvalue weighted by Gasteiger charge is 2.55. The van der Waals surface area contributed by atoms with Crippen LogP contribution < -0.4 is 0 Å².